The summed E-state index contributed by atoms with van der Waals surface area (Å²) >= 11 is 0. The van der Waals surface area contributed by atoms with Gasteiger partial charge in [0.1, 0.15) is 4.90 Å². The molecule has 1 aromatic rings. The highest BCUT2D eigenvalue weighted by molar-refractivity contribution is 7.87. The van der Waals surface area contributed by atoms with Gasteiger partial charge in [-0.2, -0.15) is 8.42 Å². The molecule has 0 aliphatic carbocycles. The fraction of sp³-hybridized carbons (Fsp3) is 0.471. The summed E-state index contributed by atoms with van der Waals surface area (Å²) < 4.78 is 38.3. The predicted molar refractivity (Wildman–Crippen MR) is 97.8 cm³/mol. The van der Waals surface area contributed by atoms with Crippen molar-refractivity contribution in [3.05, 3.63) is 23.8 Å². The third kappa shape index (κ3) is 6.42. The highest BCUT2D eigenvalue weighted by Gasteiger charge is 2.27. The number of Topliss-reactive ketones (excluding diaryl/α,β-unsaturated/α-hetero) is 1. The molecule has 2 atom stereocenters. The maximum atomic E-state index is 12.3. The van der Waals surface area contributed by atoms with Crippen LogP contribution in [0.25, 0.3) is 0 Å². The van der Waals surface area contributed by atoms with Gasteiger partial charge in [0.2, 0.25) is 5.91 Å². The summed E-state index contributed by atoms with van der Waals surface area (Å²) in [5, 5.41) is 2.41. The first-order chi connectivity index (χ1) is 12.5. The van der Waals surface area contributed by atoms with Gasteiger partial charge in [-0.3, -0.25) is 13.8 Å². The highest BCUT2D eigenvalue weighted by Crippen LogP contribution is 2.24. The zero-order chi connectivity index (χ0) is 20.8. The van der Waals surface area contributed by atoms with E-state index in [4.69, 9.17) is 9.47 Å². The van der Waals surface area contributed by atoms with Gasteiger partial charge < -0.3 is 14.8 Å². The Morgan fingerprint density at radius 1 is 1.22 bits per heavy atom. The number of nitrogens with one attached hydrogen (secondary N) is 1. The number of carbonyl (C=O) groups excluding carboxylic acids is 3. The number of amides is 1. The minimum absolute atomic E-state index is 0. The molecule has 1 N–H and O–H groups in total. The summed E-state index contributed by atoms with van der Waals surface area (Å²) in [7, 11) is -1.75. The number of hydrogen-bond acceptors (Lipinski definition) is 8. The number of methoxy groups -OCH3 is 1. The molecule has 1 amide bonds. The SMILES string of the molecule is COC(C)C(=O)OC(CC(=O)Nc1ccc(C)cc1S(=O)(=O)OC)C(C)=O.[HH]. The number of hydrogen-bond donors (Lipinski definition) is 1. The molecule has 10 heteroatoms. The van der Waals surface area contributed by atoms with Crippen LogP contribution in [-0.2, 0) is 38.2 Å². The van der Waals surface area contributed by atoms with Crippen molar-refractivity contribution < 1.29 is 37.9 Å². The number of rotatable bonds is 9. The quantitative estimate of drug-likeness (QED) is 0.485. The Morgan fingerprint density at radius 3 is 2.37 bits per heavy atom. The van der Waals surface area contributed by atoms with E-state index < -0.39 is 46.4 Å². The monoisotopic (exact) mass is 403 g/mol. The molecule has 0 fully saturated rings. The van der Waals surface area contributed by atoms with Crippen molar-refractivity contribution in [1.82, 2.24) is 0 Å². The minimum atomic E-state index is -4.06. The molecule has 9 nitrogen and oxygen atoms in total. The summed E-state index contributed by atoms with van der Waals surface area (Å²) in [6, 6.07) is 4.35. The fourth-order valence-corrected chi connectivity index (χ4v) is 2.90. The standard InChI is InChI=1S/C17H23NO8S.H2/c1-10-6-7-13(15(8-10)27(22,23)25-5)18-16(20)9-14(11(2)19)26-17(21)12(3)24-4;/h6-8,12,14H,9H2,1-5H3,(H,18,20);1H. The van der Waals surface area contributed by atoms with E-state index in [1.165, 1.54) is 33.1 Å². The maximum Gasteiger partial charge on any atom is 0.335 e. The van der Waals surface area contributed by atoms with Gasteiger partial charge in [-0.05, 0) is 38.5 Å². The van der Waals surface area contributed by atoms with E-state index in [1.54, 1.807) is 13.0 Å². The van der Waals surface area contributed by atoms with Crippen LogP contribution in [0.2, 0.25) is 0 Å². The molecule has 0 bridgehead atoms. The molecule has 0 heterocycles. The van der Waals surface area contributed by atoms with Gasteiger partial charge in [0, 0.05) is 8.54 Å². The number of carbonyl (C=O) groups is 3. The molecule has 152 valence electrons. The second-order valence-electron chi connectivity index (χ2n) is 5.79. The van der Waals surface area contributed by atoms with Crippen molar-refractivity contribution in [3.8, 4) is 0 Å². The van der Waals surface area contributed by atoms with Crippen molar-refractivity contribution in [3.63, 3.8) is 0 Å². The van der Waals surface area contributed by atoms with Gasteiger partial charge in [-0.1, -0.05) is 6.07 Å². The smallest absolute Gasteiger partial charge is 0.335 e. The van der Waals surface area contributed by atoms with Gasteiger partial charge in [-0.25, -0.2) is 4.79 Å². The summed E-state index contributed by atoms with van der Waals surface area (Å²) in [5.74, 6) is -2.02. The van der Waals surface area contributed by atoms with Crippen molar-refractivity contribution in [1.29, 1.82) is 0 Å². The molecule has 1 rings (SSSR count). The van der Waals surface area contributed by atoms with Crippen LogP contribution in [0.4, 0.5) is 5.69 Å². The molecule has 0 aliphatic rings. The first kappa shape index (κ1) is 22.7. The normalized spacial score (nSPS) is 13.5. The summed E-state index contributed by atoms with van der Waals surface area (Å²) in [6.45, 7) is 4.30. The van der Waals surface area contributed by atoms with Crippen LogP contribution in [0.3, 0.4) is 0 Å². The Kier molecular flexibility index (Phi) is 8.07. The van der Waals surface area contributed by atoms with Crippen LogP contribution < -0.4 is 5.32 Å². The number of benzene rings is 1. The lowest BCUT2D eigenvalue weighted by Gasteiger charge is -2.18. The molecule has 0 aliphatic heterocycles. The lowest BCUT2D eigenvalue weighted by atomic mass is 10.1. The average Bonchev–Trinajstić information content (AvgIpc) is 2.61. The van der Waals surface area contributed by atoms with Crippen molar-refractivity contribution in [2.75, 3.05) is 19.5 Å². The van der Waals surface area contributed by atoms with Gasteiger partial charge in [0.05, 0.1) is 19.2 Å². The lowest BCUT2D eigenvalue weighted by Crippen LogP contribution is -2.34. The van der Waals surface area contributed by atoms with Crippen LogP contribution in [0.5, 0.6) is 0 Å². The van der Waals surface area contributed by atoms with Crippen molar-refractivity contribution in [2.24, 2.45) is 0 Å². The number of esters is 1. The first-order valence-electron chi connectivity index (χ1n) is 7.96. The van der Waals surface area contributed by atoms with Gasteiger partial charge >= 0.3 is 5.97 Å². The Balaban J connectivity index is 0.00000729. The lowest BCUT2D eigenvalue weighted by molar-refractivity contribution is -0.164. The third-order valence-corrected chi connectivity index (χ3v) is 4.98. The van der Waals surface area contributed by atoms with Crippen LogP contribution in [0, 0.1) is 6.92 Å². The van der Waals surface area contributed by atoms with Gasteiger partial charge in [0.25, 0.3) is 10.1 Å². The maximum absolute atomic E-state index is 12.3. The van der Waals surface area contributed by atoms with E-state index >= 15 is 0 Å². The fourth-order valence-electron chi connectivity index (χ4n) is 2.00. The number of anilines is 1. The van der Waals surface area contributed by atoms with E-state index in [0.29, 0.717) is 5.56 Å². The number of ketones is 1. The molecule has 0 aromatic heterocycles. The van der Waals surface area contributed by atoms with Crippen molar-refractivity contribution >= 4 is 33.5 Å². The van der Waals surface area contributed by atoms with Gasteiger partial charge in [0.15, 0.2) is 18.0 Å². The van der Waals surface area contributed by atoms with Crippen LogP contribution in [-0.4, -0.2) is 52.5 Å². The largest absolute Gasteiger partial charge is 0.452 e. The second kappa shape index (κ2) is 9.58. The van der Waals surface area contributed by atoms with E-state index in [-0.39, 0.29) is 12.0 Å². The number of ether oxygens (including phenoxy) is 2. The Labute approximate surface area is 159 Å². The second-order valence-corrected chi connectivity index (χ2v) is 7.47. The molecule has 1 aromatic carbocycles. The molecule has 0 radical (unpaired) electrons. The summed E-state index contributed by atoms with van der Waals surface area (Å²) in [5.41, 5.74) is 0.638. The Morgan fingerprint density at radius 2 is 1.85 bits per heavy atom. The van der Waals surface area contributed by atoms with E-state index in [1.807, 2.05) is 0 Å². The molecular weight excluding hydrogens is 378 g/mol. The topological polar surface area (TPSA) is 125 Å². The Hall–Kier alpha value is -2.30. The van der Waals surface area contributed by atoms with Crippen molar-refractivity contribution in [2.45, 2.75) is 44.3 Å². The molecule has 0 saturated heterocycles. The molecule has 2 unspecified atom stereocenters. The highest BCUT2D eigenvalue weighted by atomic mass is 32.2. The summed E-state index contributed by atoms with van der Waals surface area (Å²) in [4.78, 5) is 35.5. The molecule has 27 heavy (non-hydrogen) atoms. The van der Waals surface area contributed by atoms with Crippen LogP contribution in [0.15, 0.2) is 23.1 Å². The first-order valence-corrected chi connectivity index (χ1v) is 9.37. The van der Waals surface area contributed by atoms with Crippen LogP contribution in [0.1, 0.15) is 27.3 Å². The number of aryl methyl sites for hydroxylation is 1. The summed E-state index contributed by atoms with van der Waals surface area (Å²) in [6.07, 6.45) is -2.69. The molecule has 0 saturated carbocycles. The molecule has 0 spiro atoms. The zero-order valence-corrected chi connectivity index (χ0v) is 16.6. The van der Waals surface area contributed by atoms with Crippen LogP contribution >= 0.6 is 0 Å². The van der Waals surface area contributed by atoms with E-state index in [9.17, 15) is 22.8 Å². The zero-order valence-electron chi connectivity index (χ0n) is 15.8. The minimum Gasteiger partial charge on any atom is -0.452 e. The average molecular weight is 403 g/mol. The predicted octanol–water partition coefficient (Wildman–Crippen LogP) is 1.44. The van der Waals surface area contributed by atoms with Gasteiger partial charge in [-0.15, -0.1) is 0 Å². The third-order valence-electron chi connectivity index (χ3n) is 3.67. The Bertz CT molecular complexity index is 824. The van der Waals surface area contributed by atoms with E-state index in [0.717, 1.165) is 7.11 Å². The van der Waals surface area contributed by atoms with E-state index in [2.05, 4.69) is 9.50 Å². The molecular formula is C17H25NO8S.